The number of anilines is 1. The first-order valence-electron chi connectivity index (χ1n) is 13.9. The van der Waals surface area contributed by atoms with E-state index in [0.29, 0.717) is 44.8 Å². The molecule has 8 nitrogen and oxygen atoms in total. The van der Waals surface area contributed by atoms with E-state index in [1.165, 1.54) is 11.1 Å². The second-order valence-corrected chi connectivity index (χ2v) is 13.8. The van der Waals surface area contributed by atoms with E-state index >= 15 is 0 Å². The van der Waals surface area contributed by atoms with Gasteiger partial charge in [-0.1, -0.05) is 17.7 Å². The summed E-state index contributed by atoms with van der Waals surface area (Å²) in [6.45, 7) is 2.24. The zero-order valence-corrected chi connectivity index (χ0v) is 23.5. The van der Waals surface area contributed by atoms with Gasteiger partial charge in [-0.15, -0.1) is 0 Å². The molecule has 2 aromatic rings. The largest absolute Gasteiger partial charge is 0.490 e. The third-order valence-electron chi connectivity index (χ3n) is 8.90. The van der Waals surface area contributed by atoms with Crippen LogP contribution in [0, 0.1) is 11.8 Å². The molecule has 1 spiro atoms. The number of halogens is 1. The maximum Gasteiger partial charge on any atom is 0.264 e. The Morgan fingerprint density at radius 3 is 2.74 bits per heavy atom. The first kappa shape index (κ1) is 26.4. The van der Waals surface area contributed by atoms with E-state index in [1.807, 2.05) is 6.07 Å². The van der Waals surface area contributed by atoms with Crippen LogP contribution >= 0.6 is 11.6 Å². The molecule has 0 unspecified atom stereocenters. The lowest BCUT2D eigenvalue weighted by Crippen LogP contribution is -2.50. The van der Waals surface area contributed by atoms with Crippen molar-refractivity contribution in [1.29, 1.82) is 0 Å². The van der Waals surface area contributed by atoms with Crippen molar-refractivity contribution in [3.8, 4) is 5.75 Å². The molecule has 0 aromatic heterocycles. The van der Waals surface area contributed by atoms with Crippen LogP contribution in [0.4, 0.5) is 5.69 Å². The van der Waals surface area contributed by atoms with Gasteiger partial charge in [0.05, 0.1) is 18.0 Å². The lowest BCUT2D eigenvalue weighted by atomic mass is 9.69. The number of carbonyl (C=O) groups excluding carboxylic acids is 2. The third kappa shape index (κ3) is 5.23. The highest BCUT2D eigenvalue weighted by Gasteiger charge is 2.44. The summed E-state index contributed by atoms with van der Waals surface area (Å²) in [7, 11) is -3.80. The number of nitrogens with zero attached hydrogens (tertiary/aromatic N) is 1. The van der Waals surface area contributed by atoms with E-state index in [-0.39, 0.29) is 34.5 Å². The second kappa shape index (κ2) is 10.3. The number of sulfonamides is 1. The molecule has 3 atom stereocenters. The molecule has 2 aliphatic heterocycles. The minimum atomic E-state index is -3.80. The fraction of sp³-hybridized carbons (Fsp3) is 0.517. The van der Waals surface area contributed by atoms with Crippen LogP contribution in [-0.4, -0.2) is 52.2 Å². The number of amides is 2. The van der Waals surface area contributed by atoms with Crippen LogP contribution in [0.1, 0.15) is 60.0 Å². The van der Waals surface area contributed by atoms with Crippen LogP contribution in [0.5, 0.6) is 5.75 Å². The van der Waals surface area contributed by atoms with Crippen LogP contribution in [0.2, 0.25) is 5.02 Å². The van der Waals surface area contributed by atoms with Gasteiger partial charge in [-0.25, -0.2) is 13.1 Å². The zero-order chi connectivity index (χ0) is 27.2. The Balaban J connectivity index is 1.41. The fourth-order valence-electron chi connectivity index (χ4n) is 6.68. The van der Waals surface area contributed by atoms with Gasteiger partial charge in [0.15, 0.2) is 0 Å². The van der Waals surface area contributed by atoms with Crippen molar-refractivity contribution >= 4 is 39.1 Å². The second-order valence-electron chi connectivity index (χ2n) is 11.5. The Labute approximate surface area is 234 Å². The van der Waals surface area contributed by atoms with Gasteiger partial charge in [-0.05, 0) is 92.3 Å². The number of benzene rings is 2. The number of ether oxygens (including phenoxy) is 1. The molecular weight excluding hydrogens is 538 g/mol. The monoisotopic (exact) mass is 571 g/mol. The Hall–Kier alpha value is -2.78. The lowest BCUT2D eigenvalue weighted by Gasteiger charge is -2.44. The third-order valence-corrected chi connectivity index (χ3v) is 10.5. The molecule has 2 heterocycles. The molecule has 10 heteroatoms. The predicted octanol–water partition coefficient (Wildman–Crippen LogP) is 3.81. The SMILES string of the molecule is O=C1NS(=O)(=O)CCCCNC(=O)[C@@H]2CC[C@H]2CN2C[C@@]3(CCCc4cc(Cl)ccc43)COc3ccc1cc32. The van der Waals surface area contributed by atoms with Crippen molar-refractivity contribution in [2.75, 3.05) is 36.9 Å². The summed E-state index contributed by atoms with van der Waals surface area (Å²) in [5, 5.41) is 3.73. The Bertz CT molecular complexity index is 1410. The maximum atomic E-state index is 13.0. The first-order chi connectivity index (χ1) is 18.7. The average molecular weight is 572 g/mol. The van der Waals surface area contributed by atoms with Crippen LogP contribution in [0.25, 0.3) is 0 Å². The molecule has 1 saturated carbocycles. The molecule has 39 heavy (non-hydrogen) atoms. The van der Waals surface area contributed by atoms with Crippen molar-refractivity contribution in [3.63, 3.8) is 0 Å². The van der Waals surface area contributed by atoms with Crippen LogP contribution < -0.4 is 19.7 Å². The van der Waals surface area contributed by atoms with Gasteiger partial charge < -0.3 is 15.0 Å². The van der Waals surface area contributed by atoms with E-state index in [9.17, 15) is 18.0 Å². The molecule has 2 amide bonds. The Morgan fingerprint density at radius 1 is 1.05 bits per heavy atom. The number of fused-ring (bicyclic) bond motifs is 4. The number of nitrogens with one attached hydrogen (secondary N) is 2. The van der Waals surface area contributed by atoms with Crippen molar-refractivity contribution in [2.24, 2.45) is 11.8 Å². The quantitative estimate of drug-likeness (QED) is 0.498. The lowest BCUT2D eigenvalue weighted by molar-refractivity contribution is -0.130. The number of hydrogen-bond acceptors (Lipinski definition) is 6. The molecule has 208 valence electrons. The van der Waals surface area contributed by atoms with Gasteiger partial charge in [0.25, 0.3) is 5.91 Å². The number of aryl methyl sites for hydroxylation is 1. The minimum Gasteiger partial charge on any atom is -0.490 e. The molecule has 2 bridgehead atoms. The molecule has 6 rings (SSSR count). The summed E-state index contributed by atoms with van der Waals surface area (Å²) in [5.41, 5.74) is 3.24. The molecule has 1 fully saturated rings. The van der Waals surface area contributed by atoms with Gasteiger partial charge in [0.1, 0.15) is 5.75 Å². The Morgan fingerprint density at radius 2 is 1.92 bits per heavy atom. The number of hydrogen-bond donors (Lipinski definition) is 2. The fourth-order valence-corrected chi connectivity index (χ4v) is 7.96. The topological polar surface area (TPSA) is 105 Å². The molecule has 0 saturated heterocycles. The highest BCUT2D eigenvalue weighted by atomic mass is 35.5. The van der Waals surface area contributed by atoms with Crippen molar-refractivity contribution in [2.45, 2.75) is 50.4 Å². The normalized spacial score (nSPS) is 28.6. The standard InChI is InChI=1S/C29H34ClN3O5S/c30-22-7-9-24-19(14-22)4-3-11-29(24)17-33-16-21-5-8-23(21)28(35)31-12-1-2-13-39(36,37)32-27(34)20-6-10-26(38-18-29)25(33)15-20/h6-7,9-10,14-15,21,23H,1-5,8,11-13,16-18H2,(H,31,35)(H,32,34)/t21-,23+,29-/m0/s1. The van der Waals surface area contributed by atoms with E-state index in [1.54, 1.807) is 18.2 Å². The highest BCUT2D eigenvalue weighted by Crippen LogP contribution is 2.46. The van der Waals surface area contributed by atoms with E-state index in [4.69, 9.17) is 16.3 Å². The van der Waals surface area contributed by atoms with E-state index in [0.717, 1.165) is 42.8 Å². The predicted molar refractivity (Wildman–Crippen MR) is 150 cm³/mol. The van der Waals surface area contributed by atoms with E-state index < -0.39 is 15.9 Å². The smallest absolute Gasteiger partial charge is 0.264 e. The summed E-state index contributed by atoms with van der Waals surface area (Å²) in [6, 6.07) is 11.2. The molecule has 0 radical (unpaired) electrons. The van der Waals surface area contributed by atoms with Crippen LogP contribution in [0.3, 0.4) is 0 Å². The maximum absolute atomic E-state index is 13.0. The summed E-state index contributed by atoms with van der Waals surface area (Å²) in [4.78, 5) is 28.3. The number of carbonyl (C=O) groups is 2. The molecular formula is C29H34ClN3O5S. The van der Waals surface area contributed by atoms with Gasteiger partial charge in [0, 0.05) is 41.6 Å². The Kier molecular flexibility index (Phi) is 7.00. The van der Waals surface area contributed by atoms with Crippen LogP contribution in [0.15, 0.2) is 36.4 Å². The molecule has 4 aliphatic rings. The zero-order valence-electron chi connectivity index (χ0n) is 21.9. The highest BCUT2D eigenvalue weighted by molar-refractivity contribution is 7.90. The van der Waals surface area contributed by atoms with Gasteiger partial charge >= 0.3 is 0 Å². The van der Waals surface area contributed by atoms with Crippen molar-refractivity contribution in [3.05, 3.63) is 58.1 Å². The van der Waals surface area contributed by atoms with Gasteiger partial charge in [-0.2, -0.15) is 0 Å². The van der Waals surface area contributed by atoms with E-state index in [2.05, 4.69) is 27.1 Å². The number of rotatable bonds is 0. The summed E-state index contributed by atoms with van der Waals surface area (Å²) in [5.74, 6) is 0.000431. The molecule has 2 aliphatic carbocycles. The van der Waals surface area contributed by atoms with Crippen LogP contribution in [-0.2, 0) is 26.7 Å². The summed E-state index contributed by atoms with van der Waals surface area (Å²) < 4.78 is 33.8. The van der Waals surface area contributed by atoms with Gasteiger partial charge in [-0.3, -0.25) is 9.59 Å². The summed E-state index contributed by atoms with van der Waals surface area (Å²) >= 11 is 6.35. The van der Waals surface area contributed by atoms with Crippen molar-refractivity contribution in [1.82, 2.24) is 10.0 Å². The first-order valence-corrected chi connectivity index (χ1v) is 15.9. The summed E-state index contributed by atoms with van der Waals surface area (Å²) in [6.07, 6.45) is 5.63. The molecule has 2 N–H and O–H groups in total. The average Bonchev–Trinajstić information content (AvgIpc) is 3.02. The van der Waals surface area contributed by atoms with Gasteiger partial charge in [0.2, 0.25) is 15.9 Å². The van der Waals surface area contributed by atoms with Crippen molar-refractivity contribution < 1.29 is 22.7 Å². The molecule has 2 aromatic carbocycles. The minimum absolute atomic E-state index is 0.0434.